The molecule has 2 rings (SSSR count). The molecular weight excluding hydrogens is 310 g/mol. The number of likely N-dealkylation sites (N-methyl/N-ethyl adjacent to an activating group) is 2. The van der Waals surface area contributed by atoms with E-state index in [1.54, 1.807) is 6.07 Å². The number of anilines is 2. The van der Waals surface area contributed by atoms with Gasteiger partial charge in [-0.3, -0.25) is 9.59 Å². The van der Waals surface area contributed by atoms with Gasteiger partial charge in [0.1, 0.15) is 0 Å². The number of hydrogen-bond donors (Lipinski definition) is 1. The summed E-state index contributed by atoms with van der Waals surface area (Å²) in [7, 11) is 6.02. The molecule has 19 heavy (non-hydrogen) atoms. The summed E-state index contributed by atoms with van der Waals surface area (Å²) in [5.41, 5.74) is 1.97. The highest BCUT2D eigenvalue weighted by Crippen LogP contribution is 2.34. The van der Waals surface area contributed by atoms with Crippen molar-refractivity contribution in [3.63, 3.8) is 0 Å². The van der Waals surface area contributed by atoms with Gasteiger partial charge in [0.15, 0.2) is 0 Å². The maximum absolute atomic E-state index is 11.6. The van der Waals surface area contributed by atoms with Gasteiger partial charge in [-0.2, -0.15) is 0 Å². The number of benzene rings is 1. The second-order valence-electron chi connectivity index (χ2n) is 4.86. The van der Waals surface area contributed by atoms with Gasteiger partial charge in [-0.15, -0.1) is 0 Å². The minimum Gasteiger partial charge on any atom is -0.372 e. The van der Waals surface area contributed by atoms with Crippen molar-refractivity contribution in [1.29, 1.82) is 0 Å². The molecule has 0 aromatic heterocycles. The lowest BCUT2D eigenvalue weighted by atomic mass is 10.1. The first-order chi connectivity index (χ1) is 8.90. The molecule has 1 aromatic carbocycles. The average molecular weight is 326 g/mol. The highest BCUT2D eigenvalue weighted by molar-refractivity contribution is 9.10. The Balaban J connectivity index is 2.27. The first kappa shape index (κ1) is 14.0. The Kier molecular flexibility index (Phi) is 3.91. The van der Waals surface area contributed by atoms with Crippen molar-refractivity contribution >= 4 is 39.0 Å². The van der Waals surface area contributed by atoms with Crippen LogP contribution in [0.25, 0.3) is 0 Å². The molecule has 0 aliphatic carbocycles. The van der Waals surface area contributed by atoms with Gasteiger partial charge >= 0.3 is 0 Å². The minimum absolute atomic E-state index is 0.432. The molecule has 0 fully saturated rings. The van der Waals surface area contributed by atoms with Crippen LogP contribution in [-0.2, 0) is 4.79 Å². The highest BCUT2D eigenvalue weighted by Gasteiger charge is 2.29. The molecule has 0 saturated heterocycles. The molecule has 6 heteroatoms. The molecule has 5 nitrogen and oxygen atoms in total. The van der Waals surface area contributed by atoms with Crippen LogP contribution in [0.5, 0.6) is 0 Å². The van der Waals surface area contributed by atoms with Crippen LogP contribution in [0.1, 0.15) is 10.4 Å². The molecule has 0 saturated carbocycles. The summed E-state index contributed by atoms with van der Waals surface area (Å²) in [5, 5.41) is 2.59. The van der Waals surface area contributed by atoms with E-state index in [4.69, 9.17) is 0 Å². The zero-order chi connectivity index (χ0) is 14.2. The Morgan fingerprint density at radius 2 is 1.84 bits per heavy atom. The predicted octanol–water partition coefficient (Wildman–Crippen LogP) is 1.58. The van der Waals surface area contributed by atoms with Crippen molar-refractivity contribution < 1.29 is 9.59 Å². The molecule has 0 unspecified atom stereocenters. The van der Waals surface area contributed by atoms with Crippen LogP contribution in [-0.4, -0.2) is 50.8 Å². The summed E-state index contributed by atoms with van der Waals surface area (Å²) < 4.78 is 0.817. The van der Waals surface area contributed by atoms with Gasteiger partial charge in [-0.25, -0.2) is 0 Å². The quantitative estimate of drug-likeness (QED) is 0.854. The lowest BCUT2D eigenvalue weighted by Crippen LogP contribution is -2.28. The first-order valence-electron chi connectivity index (χ1n) is 5.95. The third-order valence-corrected chi connectivity index (χ3v) is 3.72. The third-order valence-electron chi connectivity index (χ3n) is 3.08. The Morgan fingerprint density at radius 3 is 2.47 bits per heavy atom. The fourth-order valence-electron chi connectivity index (χ4n) is 1.92. The smallest absolute Gasteiger partial charge is 0.296 e. The molecule has 1 heterocycles. The molecule has 0 radical (unpaired) electrons. The molecule has 1 amide bonds. The Bertz CT molecular complexity index is 543. The van der Waals surface area contributed by atoms with Crippen LogP contribution < -0.4 is 10.2 Å². The molecule has 1 N–H and O–H groups in total. The number of nitrogens with one attached hydrogen (secondary N) is 1. The normalized spacial score (nSPS) is 13.7. The standard InChI is InChI=1S/C13H16BrN3O2/c1-16(2)4-5-17(3)11-7-10-8(6-9(11)14)12(18)13(19)15-10/h6-7H,4-5H2,1-3H3,(H,15,18,19). The maximum Gasteiger partial charge on any atom is 0.296 e. The second kappa shape index (κ2) is 5.30. The van der Waals surface area contributed by atoms with Crippen molar-refractivity contribution in [2.45, 2.75) is 0 Å². The molecule has 0 spiro atoms. The van der Waals surface area contributed by atoms with Gasteiger partial charge in [0.05, 0.1) is 16.9 Å². The number of ketones is 1. The molecule has 1 aliphatic heterocycles. The lowest BCUT2D eigenvalue weighted by molar-refractivity contribution is -0.112. The van der Waals surface area contributed by atoms with E-state index in [1.165, 1.54) is 0 Å². The highest BCUT2D eigenvalue weighted by atomic mass is 79.9. The third kappa shape index (κ3) is 2.79. The number of rotatable bonds is 4. The first-order valence-corrected chi connectivity index (χ1v) is 6.74. The van der Waals surface area contributed by atoms with Crippen molar-refractivity contribution in [1.82, 2.24) is 4.90 Å². The number of carbonyl (C=O) groups excluding carboxylic acids is 2. The van der Waals surface area contributed by atoms with Crippen LogP contribution in [0.3, 0.4) is 0 Å². The van der Waals surface area contributed by atoms with E-state index >= 15 is 0 Å². The number of fused-ring (bicyclic) bond motifs is 1. The van der Waals surface area contributed by atoms with Gasteiger partial charge in [0.25, 0.3) is 11.7 Å². The molecule has 1 aliphatic rings. The van der Waals surface area contributed by atoms with Gasteiger partial charge in [-0.1, -0.05) is 0 Å². The van der Waals surface area contributed by atoms with Crippen molar-refractivity contribution in [2.24, 2.45) is 0 Å². The van der Waals surface area contributed by atoms with Crippen molar-refractivity contribution in [3.05, 3.63) is 22.2 Å². The summed E-state index contributed by atoms with van der Waals surface area (Å²) in [6.07, 6.45) is 0. The number of nitrogens with zero attached hydrogens (tertiary/aromatic N) is 2. The van der Waals surface area contributed by atoms with Gasteiger partial charge in [0.2, 0.25) is 0 Å². The molecule has 0 atom stereocenters. The number of carbonyl (C=O) groups is 2. The summed E-state index contributed by atoms with van der Waals surface area (Å²) in [4.78, 5) is 27.1. The van der Waals surface area contributed by atoms with Crippen LogP contribution in [0.15, 0.2) is 16.6 Å². The van der Waals surface area contributed by atoms with Crippen LogP contribution >= 0.6 is 15.9 Å². The number of Topliss-reactive ketones (excluding diaryl/α,β-unsaturated/α-hetero) is 1. The zero-order valence-electron chi connectivity index (χ0n) is 11.2. The lowest BCUT2D eigenvalue weighted by Gasteiger charge is -2.23. The van der Waals surface area contributed by atoms with Crippen LogP contribution in [0.2, 0.25) is 0 Å². The largest absolute Gasteiger partial charge is 0.372 e. The van der Waals surface area contributed by atoms with Crippen molar-refractivity contribution in [3.8, 4) is 0 Å². The monoisotopic (exact) mass is 325 g/mol. The Morgan fingerprint density at radius 1 is 1.16 bits per heavy atom. The Labute approximate surface area is 120 Å². The fourth-order valence-corrected chi connectivity index (χ4v) is 2.56. The SMILES string of the molecule is CN(C)CCN(C)c1cc2c(cc1Br)C(=O)C(=O)N2. The van der Waals surface area contributed by atoms with Crippen LogP contribution in [0, 0.1) is 0 Å². The second-order valence-corrected chi connectivity index (χ2v) is 5.71. The van der Waals surface area contributed by atoms with Gasteiger partial charge in [0, 0.05) is 24.6 Å². The molecule has 1 aromatic rings. The summed E-state index contributed by atoms with van der Waals surface area (Å²) in [6.45, 7) is 1.78. The topological polar surface area (TPSA) is 52.7 Å². The number of amides is 1. The molecule has 0 bridgehead atoms. The molecular formula is C13H16BrN3O2. The Hall–Kier alpha value is -1.40. The number of hydrogen-bond acceptors (Lipinski definition) is 4. The maximum atomic E-state index is 11.6. The van der Waals surface area contributed by atoms with E-state index in [2.05, 4.69) is 31.0 Å². The summed E-state index contributed by atoms with van der Waals surface area (Å²) >= 11 is 3.46. The van der Waals surface area contributed by atoms with Gasteiger partial charge < -0.3 is 15.1 Å². The van der Waals surface area contributed by atoms with Crippen molar-refractivity contribution in [2.75, 3.05) is 44.4 Å². The van der Waals surface area contributed by atoms with Gasteiger partial charge in [-0.05, 0) is 42.2 Å². The fraction of sp³-hybridized carbons (Fsp3) is 0.385. The van der Waals surface area contributed by atoms with E-state index in [0.717, 1.165) is 23.2 Å². The van der Waals surface area contributed by atoms with E-state index in [0.29, 0.717) is 11.3 Å². The van der Waals surface area contributed by atoms with E-state index in [-0.39, 0.29) is 0 Å². The minimum atomic E-state index is -0.560. The van der Waals surface area contributed by atoms with E-state index < -0.39 is 11.7 Å². The number of halogens is 1. The van der Waals surface area contributed by atoms with E-state index in [9.17, 15) is 9.59 Å². The summed E-state index contributed by atoms with van der Waals surface area (Å²) in [6, 6.07) is 3.54. The molecule has 102 valence electrons. The zero-order valence-corrected chi connectivity index (χ0v) is 12.7. The summed E-state index contributed by atoms with van der Waals surface area (Å²) in [5.74, 6) is -1.03. The average Bonchev–Trinajstić information content (AvgIpc) is 2.61. The van der Waals surface area contributed by atoms with E-state index in [1.807, 2.05) is 27.2 Å². The van der Waals surface area contributed by atoms with Crippen LogP contribution in [0.4, 0.5) is 11.4 Å². The predicted molar refractivity (Wildman–Crippen MR) is 78.9 cm³/mol.